The molecule has 1 aromatic carbocycles. The number of aryl methyl sites for hydroxylation is 2. The van der Waals surface area contributed by atoms with Gasteiger partial charge in [-0.05, 0) is 42.7 Å². The van der Waals surface area contributed by atoms with Crippen LogP contribution in [-0.2, 0) is 0 Å². The summed E-state index contributed by atoms with van der Waals surface area (Å²) >= 11 is 0. The Kier molecular flexibility index (Phi) is 2.84. The molecular weight excluding hydrogens is 234 g/mol. The Hall–Kier alpha value is -2.13. The second-order valence-electron chi connectivity index (χ2n) is 4.93. The van der Waals surface area contributed by atoms with Crippen molar-refractivity contribution in [2.75, 3.05) is 0 Å². The normalized spacial score (nSPS) is 12.8. The largest absolute Gasteiger partial charge is 0.319 e. The quantitative estimate of drug-likeness (QED) is 0.761. The summed E-state index contributed by atoms with van der Waals surface area (Å²) < 4.78 is 2.04. The minimum Gasteiger partial charge on any atom is -0.319 e. The van der Waals surface area contributed by atoms with E-state index in [4.69, 9.17) is 5.73 Å². The summed E-state index contributed by atoms with van der Waals surface area (Å²) in [4.78, 5) is 4.39. The maximum Gasteiger partial charge on any atom is 0.136 e. The molecule has 0 aliphatic carbocycles. The lowest BCUT2D eigenvalue weighted by molar-refractivity contribution is 0.813. The number of nitrogens with two attached hydrogens (primary N) is 1. The highest BCUT2D eigenvalue weighted by Crippen LogP contribution is 2.22. The van der Waals surface area contributed by atoms with Gasteiger partial charge in [-0.2, -0.15) is 0 Å². The number of aromatic nitrogens is 2. The van der Waals surface area contributed by atoms with E-state index in [1.165, 1.54) is 11.1 Å². The van der Waals surface area contributed by atoms with Crippen molar-refractivity contribution in [1.29, 1.82) is 0 Å². The lowest BCUT2D eigenvalue weighted by atomic mass is 10.00. The first-order chi connectivity index (χ1) is 9.16. The molecule has 3 rings (SSSR count). The molecule has 2 heterocycles. The van der Waals surface area contributed by atoms with Crippen molar-refractivity contribution >= 4 is 5.65 Å². The van der Waals surface area contributed by atoms with Crippen LogP contribution in [0.5, 0.6) is 0 Å². The van der Waals surface area contributed by atoms with Crippen molar-refractivity contribution in [2.24, 2.45) is 5.73 Å². The summed E-state index contributed by atoms with van der Waals surface area (Å²) in [5, 5.41) is 0. The Morgan fingerprint density at radius 3 is 2.74 bits per heavy atom. The highest BCUT2D eigenvalue weighted by atomic mass is 15.0. The summed E-state index contributed by atoms with van der Waals surface area (Å²) in [5.41, 5.74) is 12.0. The Bertz CT molecular complexity index is 728. The zero-order valence-electron chi connectivity index (χ0n) is 11.2. The Labute approximate surface area is 112 Å². The second kappa shape index (κ2) is 4.52. The van der Waals surface area contributed by atoms with Crippen molar-refractivity contribution < 1.29 is 0 Å². The van der Waals surface area contributed by atoms with E-state index in [0.29, 0.717) is 0 Å². The molecule has 0 aliphatic heterocycles. The van der Waals surface area contributed by atoms with E-state index < -0.39 is 0 Å². The Balaban J connectivity index is 2.08. The van der Waals surface area contributed by atoms with E-state index in [-0.39, 0.29) is 6.04 Å². The zero-order valence-corrected chi connectivity index (χ0v) is 11.2. The van der Waals surface area contributed by atoms with Crippen LogP contribution in [0.2, 0.25) is 0 Å². The van der Waals surface area contributed by atoms with E-state index in [1.807, 2.05) is 35.0 Å². The smallest absolute Gasteiger partial charge is 0.136 e. The number of benzene rings is 1. The SMILES string of the molecule is Cc1ccc(C(N)c2cnc3ccccn23)cc1C. The van der Waals surface area contributed by atoms with Gasteiger partial charge in [0.2, 0.25) is 0 Å². The lowest BCUT2D eigenvalue weighted by Gasteiger charge is -2.13. The molecule has 1 unspecified atom stereocenters. The van der Waals surface area contributed by atoms with Gasteiger partial charge in [-0.3, -0.25) is 0 Å². The first-order valence-electron chi connectivity index (χ1n) is 6.41. The fourth-order valence-corrected chi connectivity index (χ4v) is 2.31. The van der Waals surface area contributed by atoms with Gasteiger partial charge in [-0.15, -0.1) is 0 Å². The molecule has 0 saturated carbocycles. The third kappa shape index (κ3) is 2.02. The van der Waals surface area contributed by atoms with Gasteiger partial charge < -0.3 is 10.1 Å². The highest BCUT2D eigenvalue weighted by molar-refractivity contribution is 5.43. The molecule has 2 aromatic heterocycles. The minimum atomic E-state index is -0.156. The average molecular weight is 251 g/mol. The van der Waals surface area contributed by atoms with Crippen LogP contribution in [0.15, 0.2) is 48.8 Å². The van der Waals surface area contributed by atoms with Crippen LogP contribution >= 0.6 is 0 Å². The maximum atomic E-state index is 6.38. The highest BCUT2D eigenvalue weighted by Gasteiger charge is 2.14. The molecule has 0 bridgehead atoms. The monoisotopic (exact) mass is 251 g/mol. The van der Waals surface area contributed by atoms with Crippen LogP contribution in [-0.4, -0.2) is 9.38 Å². The summed E-state index contributed by atoms with van der Waals surface area (Å²) in [6.07, 6.45) is 3.85. The van der Waals surface area contributed by atoms with Crippen LogP contribution in [0.25, 0.3) is 5.65 Å². The van der Waals surface area contributed by atoms with Crippen LogP contribution in [0, 0.1) is 13.8 Å². The van der Waals surface area contributed by atoms with Gasteiger partial charge >= 0.3 is 0 Å². The van der Waals surface area contributed by atoms with Gasteiger partial charge in [0.15, 0.2) is 0 Å². The molecule has 96 valence electrons. The van der Waals surface area contributed by atoms with Gasteiger partial charge in [0.1, 0.15) is 5.65 Å². The number of pyridine rings is 1. The van der Waals surface area contributed by atoms with E-state index >= 15 is 0 Å². The summed E-state index contributed by atoms with van der Waals surface area (Å²) in [7, 11) is 0. The van der Waals surface area contributed by atoms with Crippen molar-refractivity contribution in [3.8, 4) is 0 Å². The Morgan fingerprint density at radius 1 is 1.11 bits per heavy atom. The number of hydrogen-bond donors (Lipinski definition) is 1. The summed E-state index contributed by atoms with van der Waals surface area (Å²) in [6, 6.07) is 12.2. The molecular formula is C16H17N3. The molecule has 2 N–H and O–H groups in total. The van der Waals surface area contributed by atoms with Crippen molar-refractivity contribution in [1.82, 2.24) is 9.38 Å². The topological polar surface area (TPSA) is 43.3 Å². The fraction of sp³-hybridized carbons (Fsp3) is 0.188. The predicted octanol–water partition coefficient (Wildman–Crippen LogP) is 3.00. The first-order valence-corrected chi connectivity index (χ1v) is 6.41. The average Bonchev–Trinajstić information content (AvgIpc) is 2.85. The zero-order chi connectivity index (χ0) is 13.4. The molecule has 0 aliphatic rings. The lowest BCUT2D eigenvalue weighted by Crippen LogP contribution is -2.14. The molecule has 3 heteroatoms. The van der Waals surface area contributed by atoms with E-state index in [0.717, 1.165) is 16.9 Å². The van der Waals surface area contributed by atoms with E-state index in [2.05, 4.69) is 37.0 Å². The fourth-order valence-electron chi connectivity index (χ4n) is 2.31. The van der Waals surface area contributed by atoms with E-state index in [1.54, 1.807) is 0 Å². The van der Waals surface area contributed by atoms with E-state index in [9.17, 15) is 0 Å². The molecule has 0 fully saturated rings. The molecule has 3 nitrogen and oxygen atoms in total. The first kappa shape index (κ1) is 11.9. The number of nitrogens with zero attached hydrogens (tertiary/aromatic N) is 2. The van der Waals surface area contributed by atoms with Crippen molar-refractivity contribution in [3.63, 3.8) is 0 Å². The summed E-state index contributed by atoms with van der Waals surface area (Å²) in [6.45, 7) is 4.22. The van der Waals surface area contributed by atoms with Crippen LogP contribution < -0.4 is 5.73 Å². The number of fused-ring (bicyclic) bond motifs is 1. The van der Waals surface area contributed by atoms with Gasteiger partial charge in [0.25, 0.3) is 0 Å². The Morgan fingerprint density at radius 2 is 1.95 bits per heavy atom. The molecule has 3 aromatic rings. The maximum absolute atomic E-state index is 6.38. The summed E-state index contributed by atoms with van der Waals surface area (Å²) in [5.74, 6) is 0. The van der Waals surface area contributed by atoms with Gasteiger partial charge in [0, 0.05) is 6.20 Å². The molecule has 0 radical (unpaired) electrons. The number of imidazole rings is 1. The standard InChI is InChI=1S/C16H17N3/c1-11-6-7-13(9-12(11)2)16(17)14-10-18-15-5-3-4-8-19(14)15/h3-10,16H,17H2,1-2H3. The van der Waals surface area contributed by atoms with Crippen LogP contribution in [0.3, 0.4) is 0 Å². The van der Waals surface area contributed by atoms with Crippen LogP contribution in [0.4, 0.5) is 0 Å². The number of rotatable bonds is 2. The van der Waals surface area contributed by atoms with Crippen LogP contribution in [0.1, 0.15) is 28.4 Å². The van der Waals surface area contributed by atoms with Gasteiger partial charge in [0.05, 0.1) is 17.9 Å². The van der Waals surface area contributed by atoms with Crippen molar-refractivity contribution in [2.45, 2.75) is 19.9 Å². The molecule has 1 atom stereocenters. The third-order valence-electron chi connectivity index (χ3n) is 3.65. The molecule has 0 amide bonds. The molecule has 0 saturated heterocycles. The molecule has 0 spiro atoms. The predicted molar refractivity (Wildman–Crippen MR) is 77.1 cm³/mol. The molecule has 19 heavy (non-hydrogen) atoms. The minimum absolute atomic E-state index is 0.156. The van der Waals surface area contributed by atoms with Crippen molar-refractivity contribution in [3.05, 3.63) is 71.2 Å². The third-order valence-corrected chi connectivity index (χ3v) is 3.65. The van der Waals surface area contributed by atoms with Gasteiger partial charge in [-0.1, -0.05) is 24.3 Å². The van der Waals surface area contributed by atoms with Gasteiger partial charge in [-0.25, -0.2) is 4.98 Å². The second-order valence-corrected chi connectivity index (χ2v) is 4.93. The number of hydrogen-bond acceptors (Lipinski definition) is 2.